The zero-order chi connectivity index (χ0) is 13.2. The number of carbonyl (C=O) groups is 1. The van der Waals surface area contributed by atoms with Gasteiger partial charge >= 0.3 is 0 Å². The van der Waals surface area contributed by atoms with Crippen LogP contribution in [0.4, 0.5) is 0 Å². The van der Waals surface area contributed by atoms with Crippen LogP contribution in [-0.4, -0.2) is 25.4 Å². The molecule has 3 N–H and O–H groups in total. The first kappa shape index (κ1) is 15.0. The summed E-state index contributed by atoms with van der Waals surface area (Å²) >= 11 is 1.85. The molecule has 1 amide bonds. The van der Waals surface area contributed by atoms with Crippen LogP contribution < -0.4 is 11.3 Å². The van der Waals surface area contributed by atoms with Gasteiger partial charge in [0.15, 0.2) is 0 Å². The molecule has 0 spiro atoms. The zero-order valence-corrected chi connectivity index (χ0v) is 11.5. The lowest BCUT2D eigenvalue weighted by Gasteiger charge is -2.08. The van der Waals surface area contributed by atoms with E-state index in [2.05, 4.69) is 11.5 Å². The van der Waals surface area contributed by atoms with Crippen LogP contribution in [0.2, 0.25) is 0 Å². The molecule has 0 saturated carbocycles. The van der Waals surface area contributed by atoms with Gasteiger partial charge in [0, 0.05) is 19.5 Å². The highest BCUT2D eigenvalue weighted by Gasteiger charge is 2.06. The van der Waals surface area contributed by atoms with E-state index in [1.54, 1.807) is 7.11 Å². The number of rotatable bonds is 8. The molecule has 0 heterocycles. The molecule has 0 radical (unpaired) electrons. The predicted octanol–water partition coefficient (Wildman–Crippen LogP) is 1.49. The molecule has 0 atom stereocenters. The molecule has 0 saturated heterocycles. The number of benzene rings is 1. The standard InChI is InChI=1S/C13H20N2O2S/c1-17-7-4-8-18-10-12-6-3-2-5-11(12)9-13(16)15-14/h2-3,5-6H,4,7-10,14H2,1H3,(H,15,16). The third-order valence-corrected chi connectivity index (χ3v) is 3.62. The second-order valence-electron chi connectivity index (χ2n) is 3.91. The summed E-state index contributed by atoms with van der Waals surface area (Å²) in [5.74, 6) is 6.92. The molecule has 0 aliphatic heterocycles. The van der Waals surface area contributed by atoms with Crippen LogP contribution in [0.3, 0.4) is 0 Å². The van der Waals surface area contributed by atoms with Gasteiger partial charge in [0.1, 0.15) is 0 Å². The van der Waals surface area contributed by atoms with Crippen molar-refractivity contribution < 1.29 is 9.53 Å². The Morgan fingerprint density at radius 1 is 1.39 bits per heavy atom. The van der Waals surface area contributed by atoms with E-state index in [4.69, 9.17) is 10.6 Å². The molecule has 1 aromatic rings. The van der Waals surface area contributed by atoms with Gasteiger partial charge in [-0.1, -0.05) is 24.3 Å². The molecule has 0 fully saturated rings. The second-order valence-corrected chi connectivity index (χ2v) is 5.02. The number of hydrogen-bond acceptors (Lipinski definition) is 4. The highest BCUT2D eigenvalue weighted by molar-refractivity contribution is 7.98. The number of thioether (sulfide) groups is 1. The Bertz CT molecular complexity index is 372. The van der Waals surface area contributed by atoms with Gasteiger partial charge in [-0.25, -0.2) is 5.84 Å². The van der Waals surface area contributed by atoms with Crippen LogP contribution in [0, 0.1) is 0 Å². The Morgan fingerprint density at radius 3 is 2.78 bits per heavy atom. The third kappa shape index (κ3) is 5.53. The minimum Gasteiger partial charge on any atom is -0.385 e. The van der Waals surface area contributed by atoms with Crippen molar-refractivity contribution in [3.05, 3.63) is 35.4 Å². The van der Waals surface area contributed by atoms with E-state index in [-0.39, 0.29) is 5.91 Å². The van der Waals surface area contributed by atoms with Gasteiger partial charge < -0.3 is 4.74 Å². The van der Waals surface area contributed by atoms with Gasteiger partial charge in [-0.15, -0.1) is 0 Å². The number of nitrogens with one attached hydrogen (secondary N) is 1. The summed E-state index contributed by atoms with van der Waals surface area (Å²) < 4.78 is 5.00. The monoisotopic (exact) mass is 268 g/mol. The SMILES string of the molecule is COCCCSCc1ccccc1CC(=O)NN. The van der Waals surface area contributed by atoms with Crippen LogP contribution in [0.15, 0.2) is 24.3 Å². The first-order chi connectivity index (χ1) is 8.77. The lowest BCUT2D eigenvalue weighted by atomic mass is 10.1. The molecular weight excluding hydrogens is 248 g/mol. The van der Waals surface area contributed by atoms with Crippen LogP contribution in [0.1, 0.15) is 17.5 Å². The van der Waals surface area contributed by atoms with Crippen LogP contribution >= 0.6 is 11.8 Å². The summed E-state index contributed by atoms with van der Waals surface area (Å²) in [5.41, 5.74) is 4.40. The number of ether oxygens (including phenoxy) is 1. The van der Waals surface area contributed by atoms with Gasteiger partial charge in [0.2, 0.25) is 5.91 Å². The fraction of sp³-hybridized carbons (Fsp3) is 0.462. The van der Waals surface area contributed by atoms with Crippen molar-refractivity contribution in [2.24, 2.45) is 5.84 Å². The summed E-state index contributed by atoms with van der Waals surface area (Å²) in [7, 11) is 1.71. The van der Waals surface area contributed by atoms with E-state index in [0.29, 0.717) is 6.42 Å². The Labute approximate surface area is 112 Å². The quantitative estimate of drug-likeness (QED) is 0.324. The number of hydrogen-bond donors (Lipinski definition) is 2. The molecule has 0 aromatic heterocycles. The number of hydrazine groups is 1. The van der Waals surface area contributed by atoms with Crippen molar-refractivity contribution in [1.29, 1.82) is 0 Å². The molecule has 0 aliphatic carbocycles. The van der Waals surface area contributed by atoms with Gasteiger partial charge in [-0.05, 0) is 23.3 Å². The predicted molar refractivity (Wildman–Crippen MR) is 75.1 cm³/mol. The molecular formula is C13H20N2O2S. The van der Waals surface area contributed by atoms with Crippen molar-refractivity contribution >= 4 is 17.7 Å². The topological polar surface area (TPSA) is 64.3 Å². The van der Waals surface area contributed by atoms with Crippen molar-refractivity contribution in [2.45, 2.75) is 18.6 Å². The van der Waals surface area contributed by atoms with Gasteiger partial charge in [0.25, 0.3) is 0 Å². The Balaban J connectivity index is 2.46. The summed E-state index contributed by atoms with van der Waals surface area (Å²) in [5, 5.41) is 0. The summed E-state index contributed by atoms with van der Waals surface area (Å²) in [6, 6.07) is 7.97. The lowest BCUT2D eigenvalue weighted by Crippen LogP contribution is -2.31. The second kappa shape index (κ2) is 8.97. The summed E-state index contributed by atoms with van der Waals surface area (Å²) in [6.45, 7) is 0.796. The van der Waals surface area contributed by atoms with Crippen molar-refractivity contribution in [1.82, 2.24) is 5.43 Å². The average molecular weight is 268 g/mol. The molecule has 100 valence electrons. The third-order valence-electron chi connectivity index (χ3n) is 2.53. The molecule has 0 bridgehead atoms. The normalized spacial score (nSPS) is 10.3. The average Bonchev–Trinajstić information content (AvgIpc) is 2.40. The molecule has 5 heteroatoms. The summed E-state index contributed by atoms with van der Waals surface area (Å²) in [4.78, 5) is 11.3. The Hall–Kier alpha value is -1.04. The number of methoxy groups -OCH3 is 1. The fourth-order valence-electron chi connectivity index (χ4n) is 1.58. The first-order valence-corrected chi connectivity index (χ1v) is 7.06. The molecule has 4 nitrogen and oxygen atoms in total. The minimum absolute atomic E-state index is 0.160. The van der Waals surface area contributed by atoms with E-state index in [1.807, 2.05) is 30.0 Å². The Morgan fingerprint density at radius 2 is 2.11 bits per heavy atom. The van der Waals surface area contributed by atoms with Crippen molar-refractivity contribution in [3.8, 4) is 0 Å². The van der Waals surface area contributed by atoms with E-state index in [0.717, 1.165) is 30.1 Å². The maximum atomic E-state index is 11.3. The smallest absolute Gasteiger partial charge is 0.238 e. The molecule has 18 heavy (non-hydrogen) atoms. The van der Waals surface area contributed by atoms with Crippen molar-refractivity contribution in [3.63, 3.8) is 0 Å². The van der Waals surface area contributed by atoms with E-state index in [1.165, 1.54) is 5.56 Å². The van der Waals surface area contributed by atoms with E-state index < -0.39 is 0 Å². The maximum Gasteiger partial charge on any atom is 0.238 e. The van der Waals surface area contributed by atoms with E-state index in [9.17, 15) is 4.79 Å². The largest absolute Gasteiger partial charge is 0.385 e. The highest BCUT2D eigenvalue weighted by Crippen LogP contribution is 2.17. The maximum absolute atomic E-state index is 11.3. The fourth-order valence-corrected chi connectivity index (χ4v) is 2.55. The van der Waals surface area contributed by atoms with Crippen LogP contribution in [0.25, 0.3) is 0 Å². The minimum atomic E-state index is -0.160. The van der Waals surface area contributed by atoms with Crippen LogP contribution in [-0.2, 0) is 21.7 Å². The number of carbonyl (C=O) groups excluding carboxylic acids is 1. The molecule has 0 aliphatic rings. The molecule has 0 unspecified atom stereocenters. The van der Waals surface area contributed by atoms with Gasteiger partial charge in [-0.2, -0.15) is 11.8 Å². The Kier molecular flexibility index (Phi) is 7.48. The van der Waals surface area contributed by atoms with Gasteiger partial charge in [0.05, 0.1) is 6.42 Å². The number of nitrogens with two attached hydrogens (primary N) is 1. The van der Waals surface area contributed by atoms with E-state index >= 15 is 0 Å². The van der Waals surface area contributed by atoms with Crippen LogP contribution in [0.5, 0.6) is 0 Å². The highest BCUT2D eigenvalue weighted by atomic mass is 32.2. The lowest BCUT2D eigenvalue weighted by molar-refractivity contribution is -0.120. The molecule has 1 rings (SSSR count). The zero-order valence-electron chi connectivity index (χ0n) is 10.6. The summed E-state index contributed by atoms with van der Waals surface area (Å²) in [6.07, 6.45) is 1.39. The first-order valence-electron chi connectivity index (χ1n) is 5.91. The number of amides is 1. The van der Waals surface area contributed by atoms with Crippen molar-refractivity contribution in [2.75, 3.05) is 19.5 Å². The molecule has 1 aromatic carbocycles. The van der Waals surface area contributed by atoms with Gasteiger partial charge in [-0.3, -0.25) is 10.2 Å².